The van der Waals surface area contributed by atoms with Gasteiger partial charge >= 0.3 is 12.1 Å². The number of rotatable bonds is 2. The topological polar surface area (TPSA) is 51.7 Å². The average molecular weight is 360 g/mol. The SMILES string of the molecule is COC(=O)C1CN(c2nc3cc(C(F)(F)F)ccc3s2)C[C@@H](C)O1. The van der Waals surface area contributed by atoms with Crippen LogP contribution >= 0.6 is 11.3 Å². The van der Waals surface area contributed by atoms with Gasteiger partial charge in [0.15, 0.2) is 11.2 Å². The van der Waals surface area contributed by atoms with Gasteiger partial charge in [-0.05, 0) is 25.1 Å². The van der Waals surface area contributed by atoms with Crippen molar-refractivity contribution in [1.82, 2.24) is 4.98 Å². The molecule has 0 amide bonds. The molecule has 5 nitrogen and oxygen atoms in total. The molecule has 130 valence electrons. The summed E-state index contributed by atoms with van der Waals surface area (Å²) < 4.78 is 49.3. The van der Waals surface area contributed by atoms with E-state index >= 15 is 0 Å². The van der Waals surface area contributed by atoms with Gasteiger partial charge in [-0.15, -0.1) is 0 Å². The molecule has 24 heavy (non-hydrogen) atoms. The van der Waals surface area contributed by atoms with Crippen molar-refractivity contribution in [2.45, 2.75) is 25.3 Å². The van der Waals surface area contributed by atoms with Gasteiger partial charge in [0.05, 0.1) is 35.5 Å². The molecule has 9 heteroatoms. The van der Waals surface area contributed by atoms with E-state index in [9.17, 15) is 18.0 Å². The number of fused-ring (bicyclic) bond motifs is 1. The average Bonchev–Trinajstić information content (AvgIpc) is 2.95. The van der Waals surface area contributed by atoms with E-state index in [0.29, 0.717) is 21.9 Å². The molecule has 0 radical (unpaired) electrons. The van der Waals surface area contributed by atoms with Gasteiger partial charge in [0, 0.05) is 6.54 Å². The fraction of sp³-hybridized carbons (Fsp3) is 0.467. The summed E-state index contributed by atoms with van der Waals surface area (Å²) in [6.45, 7) is 2.57. The second-order valence-corrected chi connectivity index (χ2v) is 6.55. The van der Waals surface area contributed by atoms with E-state index in [1.54, 1.807) is 0 Å². The predicted molar refractivity (Wildman–Crippen MR) is 83.2 cm³/mol. The Morgan fingerprint density at radius 2 is 2.17 bits per heavy atom. The number of methoxy groups -OCH3 is 1. The van der Waals surface area contributed by atoms with Crippen molar-refractivity contribution in [2.75, 3.05) is 25.1 Å². The molecule has 1 aliphatic rings. The maximum Gasteiger partial charge on any atom is 0.416 e. The van der Waals surface area contributed by atoms with E-state index in [2.05, 4.69) is 4.98 Å². The van der Waals surface area contributed by atoms with Gasteiger partial charge in [0.1, 0.15) is 0 Å². The minimum Gasteiger partial charge on any atom is -0.467 e. The second kappa shape index (κ2) is 6.21. The summed E-state index contributed by atoms with van der Waals surface area (Å²) in [4.78, 5) is 17.8. The first-order valence-corrected chi connectivity index (χ1v) is 8.05. The van der Waals surface area contributed by atoms with E-state index in [-0.39, 0.29) is 12.6 Å². The number of ether oxygens (including phenoxy) is 2. The third-order valence-electron chi connectivity index (χ3n) is 3.70. The van der Waals surface area contributed by atoms with Crippen LogP contribution in [0.2, 0.25) is 0 Å². The van der Waals surface area contributed by atoms with Crippen LogP contribution in [0.1, 0.15) is 12.5 Å². The molecular weight excluding hydrogens is 345 g/mol. The molecule has 0 bridgehead atoms. The highest BCUT2D eigenvalue weighted by Crippen LogP contribution is 2.35. The number of halogens is 3. The lowest BCUT2D eigenvalue weighted by atomic mass is 10.2. The van der Waals surface area contributed by atoms with E-state index in [4.69, 9.17) is 9.47 Å². The first-order chi connectivity index (χ1) is 11.3. The lowest BCUT2D eigenvalue weighted by Crippen LogP contribution is -2.50. The van der Waals surface area contributed by atoms with Crippen molar-refractivity contribution in [3.63, 3.8) is 0 Å². The Morgan fingerprint density at radius 1 is 1.42 bits per heavy atom. The number of benzene rings is 1. The number of hydrogen-bond acceptors (Lipinski definition) is 6. The number of morpholine rings is 1. The van der Waals surface area contributed by atoms with Crippen molar-refractivity contribution >= 4 is 32.7 Å². The van der Waals surface area contributed by atoms with Crippen molar-refractivity contribution < 1.29 is 27.4 Å². The van der Waals surface area contributed by atoms with Crippen LogP contribution in [0.25, 0.3) is 10.2 Å². The third kappa shape index (κ3) is 3.32. The van der Waals surface area contributed by atoms with E-state index in [0.717, 1.165) is 12.1 Å². The highest BCUT2D eigenvalue weighted by molar-refractivity contribution is 7.22. The van der Waals surface area contributed by atoms with Gasteiger partial charge in [0.25, 0.3) is 0 Å². The third-order valence-corrected chi connectivity index (χ3v) is 4.80. The molecule has 2 atom stereocenters. The molecule has 3 rings (SSSR count). The molecule has 1 aliphatic heterocycles. The molecule has 0 N–H and O–H groups in total. The lowest BCUT2D eigenvalue weighted by molar-refractivity contribution is -0.158. The fourth-order valence-electron chi connectivity index (χ4n) is 2.60. The molecule has 1 unspecified atom stereocenters. The van der Waals surface area contributed by atoms with Gasteiger partial charge in [-0.2, -0.15) is 13.2 Å². The summed E-state index contributed by atoms with van der Waals surface area (Å²) in [5, 5.41) is 0.563. The highest BCUT2D eigenvalue weighted by atomic mass is 32.1. The standard InChI is InChI=1S/C15H15F3N2O3S/c1-8-6-20(7-11(23-8)13(21)22-2)14-19-10-5-9(15(16,17)18)3-4-12(10)24-14/h3-5,8,11H,6-7H2,1-2H3/t8-,11?/m1/s1. The second-order valence-electron chi connectivity index (χ2n) is 5.54. The van der Waals surface area contributed by atoms with Crippen LogP contribution in [-0.2, 0) is 20.4 Å². The van der Waals surface area contributed by atoms with Crippen molar-refractivity contribution in [2.24, 2.45) is 0 Å². The summed E-state index contributed by atoms with van der Waals surface area (Å²) in [6, 6.07) is 3.50. The zero-order chi connectivity index (χ0) is 17.5. The van der Waals surface area contributed by atoms with Crippen LogP contribution in [0.4, 0.5) is 18.3 Å². The minimum atomic E-state index is -4.40. The number of esters is 1. The molecule has 0 aliphatic carbocycles. The number of hydrogen-bond donors (Lipinski definition) is 0. The normalized spacial score (nSPS) is 22.0. The number of anilines is 1. The van der Waals surface area contributed by atoms with Crippen LogP contribution in [-0.4, -0.2) is 43.4 Å². The zero-order valence-corrected chi connectivity index (χ0v) is 13.8. The number of alkyl halides is 3. The predicted octanol–water partition coefficient (Wildman–Crippen LogP) is 3.08. The first-order valence-electron chi connectivity index (χ1n) is 7.24. The van der Waals surface area contributed by atoms with Gasteiger partial charge in [-0.25, -0.2) is 9.78 Å². The minimum absolute atomic E-state index is 0.222. The zero-order valence-electron chi connectivity index (χ0n) is 13.0. The Labute approximate surface area is 140 Å². The molecule has 1 saturated heterocycles. The van der Waals surface area contributed by atoms with Gasteiger partial charge in [-0.1, -0.05) is 11.3 Å². The Kier molecular flexibility index (Phi) is 4.39. The van der Waals surface area contributed by atoms with Crippen molar-refractivity contribution in [3.8, 4) is 0 Å². The number of carbonyl (C=O) groups is 1. The smallest absolute Gasteiger partial charge is 0.416 e. The summed E-state index contributed by atoms with van der Waals surface area (Å²) in [6.07, 6.45) is -5.36. The molecule has 2 heterocycles. The van der Waals surface area contributed by atoms with Crippen LogP contribution < -0.4 is 4.90 Å². The maximum atomic E-state index is 12.8. The molecule has 0 spiro atoms. The first kappa shape index (κ1) is 17.0. The Hall–Kier alpha value is -1.87. The van der Waals surface area contributed by atoms with Gasteiger partial charge in [-0.3, -0.25) is 0 Å². The summed E-state index contributed by atoms with van der Waals surface area (Å²) in [7, 11) is 1.28. The lowest BCUT2D eigenvalue weighted by Gasteiger charge is -2.35. The fourth-order valence-corrected chi connectivity index (χ4v) is 3.56. The van der Waals surface area contributed by atoms with Crippen molar-refractivity contribution in [1.29, 1.82) is 0 Å². The maximum absolute atomic E-state index is 12.8. The molecule has 2 aromatic rings. The number of carbonyl (C=O) groups excluding carboxylic acids is 1. The monoisotopic (exact) mass is 360 g/mol. The number of nitrogens with zero attached hydrogens (tertiary/aromatic N) is 2. The van der Waals surface area contributed by atoms with Crippen LogP contribution in [0.5, 0.6) is 0 Å². The number of aromatic nitrogens is 1. The quantitative estimate of drug-likeness (QED) is 0.771. The summed E-state index contributed by atoms with van der Waals surface area (Å²) in [5.74, 6) is -0.480. The summed E-state index contributed by atoms with van der Waals surface area (Å²) in [5.41, 5.74) is -0.437. The van der Waals surface area contributed by atoms with E-state index in [1.807, 2.05) is 11.8 Å². The summed E-state index contributed by atoms with van der Waals surface area (Å²) >= 11 is 1.29. The molecular formula is C15H15F3N2O3S. The van der Waals surface area contributed by atoms with Crippen molar-refractivity contribution in [3.05, 3.63) is 23.8 Å². The van der Waals surface area contributed by atoms with E-state index in [1.165, 1.54) is 24.5 Å². The number of thiazole rings is 1. The Morgan fingerprint density at radius 3 is 2.83 bits per heavy atom. The highest BCUT2D eigenvalue weighted by Gasteiger charge is 2.33. The Bertz CT molecular complexity index is 762. The van der Waals surface area contributed by atoms with Gasteiger partial charge < -0.3 is 14.4 Å². The van der Waals surface area contributed by atoms with Crippen LogP contribution in [0, 0.1) is 0 Å². The molecule has 1 aromatic carbocycles. The molecule has 1 aromatic heterocycles. The van der Waals surface area contributed by atoms with E-state index < -0.39 is 23.8 Å². The van der Waals surface area contributed by atoms with Crippen LogP contribution in [0.15, 0.2) is 18.2 Å². The van der Waals surface area contributed by atoms with Crippen LogP contribution in [0.3, 0.4) is 0 Å². The Balaban J connectivity index is 1.89. The molecule has 1 fully saturated rings. The van der Waals surface area contributed by atoms with Gasteiger partial charge in [0.2, 0.25) is 0 Å². The molecule has 0 saturated carbocycles. The largest absolute Gasteiger partial charge is 0.467 e.